The first-order chi connectivity index (χ1) is 17.4. The minimum atomic E-state index is -0.636. The maximum Gasteiger partial charge on any atom is 0.345 e. The summed E-state index contributed by atoms with van der Waals surface area (Å²) in [6.07, 6.45) is 2.82. The second-order valence-corrected chi connectivity index (χ2v) is 7.67. The molecule has 5 rings (SSSR count). The van der Waals surface area contributed by atoms with E-state index in [2.05, 4.69) is 9.97 Å². The molecule has 0 aliphatic rings. The van der Waals surface area contributed by atoms with Crippen LogP contribution in [0, 0.1) is 0 Å². The first-order valence-electron chi connectivity index (χ1n) is 10.7. The van der Waals surface area contributed by atoms with Gasteiger partial charge in [0.15, 0.2) is 0 Å². The lowest BCUT2D eigenvalue weighted by molar-refractivity contribution is 0.395. The molecule has 3 heterocycles. The van der Waals surface area contributed by atoms with Gasteiger partial charge in [-0.15, -0.1) is 0 Å². The number of aromatic nitrogens is 2. The lowest BCUT2D eigenvalue weighted by Crippen LogP contribution is -2.08. The second-order valence-electron chi connectivity index (χ2n) is 7.67. The van der Waals surface area contributed by atoms with Crippen LogP contribution >= 0.6 is 0 Å². The van der Waals surface area contributed by atoms with Gasteiger partial charge in [0.2, 0.25) is 0 Å². The average Bonchev–Trinajstić information content (AvgIpc) is 2.90. The Morgan fingerprint density at radius 3 is 1.44 bits per heavy atom. The van der Waals surface area contributed by atoms with Crippen LogP contribution in [0.15, 0.2) is 67.2 Å². The number of methoxy groups -OCH3 is 4. The lowest BCUT2D eigenvalue weighted by atomic mass is 10.1. The van der Waals surface area contributed by atoms with Gasteiger partial charge in [0.05, 0.1) is 74.1 Å². The van der Waals surface area contributed by atoms with Gasteiger partial charge in [-0.1, -0.05) is 0 Å². The molecular weight excluding hydrogens is 468 g/mol. The number of rotatable bonds is 6. The van der Waals surface area contributed by atoms with Gasteiger partial charge in [-0.3, -0.25) is 4.98 Å². The molecule has 0 N–H and O–H groups in total. The summed E-state index contributed by atoms with van der Waals surface area (Å²) in [7, 11) is 6.01. The fraction of sp³-hybridized carbons (Fsp3) is 0.154. The van der Waals surface area contributed by atoms with E-state index in [0.717, 1.165) is 0 Å². The van der Waals surface area contributed by atoms with Crippen LogP contribution in [0.3, 0.4) is 0 Å². The van der Waals surface area contributed by atoms with Gasteiger partial charge >= 0.3 is 11.3 Å². The molecule has 0 saturated carbocycles. The van der Waals surface area contributed by atoms with E-state index in [4.69, 9.17) is 27.8 Å². The van der Waals surface area contributed by atoms with E-state index in [0.29, 0.717) is 44.9 Å². The number of hydrogen-bond acceptors (Lipinski definition) is 10. The van der Waals surface area contributed by atoms with Gasteiger partial charge in [-0.05, 0) is 12.1 Å². The normalized spacial score (nSPS) is 11.0. The number of benzene rings is 2. The monoisotopic (exact) mass is 488 g/mol. The fourth-order valence-electron chi connectivity index (χ4n) is 3.88. The van der Waals surface area contributed by atoms with E-state index >= 15 is 0 Å². The van der Waals surface area contributed by atoms with Gasteiger partial charge in [-0.25, -0.2) is 14.6 Å². The van der Waals surface area contributed by atoms with Crippen LogP contribution in [0.25, 0.3) is 44.5 Å². The molecule has 0 bridgehead atoms. The van der Waals surface area contributed by atoms with E-state index in [-0.39, 0.29) is 22.5 Å². The van der Waals surface area contributed by atoms with Crippen molar-refractivity contribution in [2.45, 2.75) is 0 Å². The molecule has 5 aromatic rings. The Labute approximate surface area is 203 Å². The Morgan fingerprint density at radius 2 is 1.06 bits per heavy atom. The summed E-state index contributed by atoms with van der Waals surface area (Å²) in [6.45, 7) is 0. The Hall–Kier alpha value is -4.86. The SMILES string of the molecule is COc1cc(OC)c2cc(-c3cncc(-c4cc5c(OC)cc(OC)cc5oc4=O)n3)c(=O)oc2c1. The predicted molar refractivity (Wildman–Crippen MR) is 131 cm³/mol. The highest BCUT2D eigenvalue weighted by Crippen LogP contribution is 2.34. The summed E-state index contributed by atoms with van der Waals surface area (Å²) in [4.78, 5) is 34.4. The molecule has 0 saturated heterocycles. The van der Waals surface area contributed by atoms with E-state index in [1.54, 1.807) is 36.4 Å². The van der Waals surface area contributed by atoms with Crippen molar-refractivity contribution >= 4 is 21.9 Å². The zero-order valence-corrected chi connectivity index (χ0v) is 19.8. The molecular formula is C26H20N2O8. The molecule has 10 heteroatoms. The van der Waals surface area contributed by atoms with Crippen molar-refractivity contribution in [3.63, 3.8) is 0 Å². The summed E-state index contributed by atoms with van der Waals surface area (Å²) in [6, 6.07) is 9.74. The quantitative estimate of drug-likeness (QED) is 0.323. The summed E-state index contributed by atoms with van der Waals surface area (Å²) < 4.78 is 32.4. The highest BCUT2D eigenvalue weighted by Gasteiger charge is 2.18. The Kier molecular flexibility index (Phi) is 5.77. The van der Waals surface area contributed by atoms with Gasteiger partial charge in [0.1, 0.15) is 34.2 Å². The molecule has 0 amide bonds. The van der Waals surface area contributed by atoms with Gasteiger partial charge < -0.3 is 27.8 Å². The smallest absolute Gasteiger partial charge is 0.345 e. The maximum absolute atomic E-state index is 12.8. The van der Waals surface area contributed by atoms with Crippen LogP contribution in [0.4, 0.5) is 0 Å². The maximum atomic E-state index is 12.8. The van der Waals surface area contributed by atoms with Gasteiger partial charge in [0, 0.05) is 24.3 Å². The van der Waals surface area contributed by atoms with E-state index in [1.165, 1.54) is 40.8 Å². The van der Waals surface area contributed by atoms with E-state index in [9.17, 15) is 9.59 Å². The number of nitrogens with zero attached hydrogens (tertiary/aromatic N) is 2. The minimum Gasteiger partial charge on any atom is -0.496 e. The number of ether oxygens (including phenoxy) is 4. The van der Waals surface area contributed by atoms with E-state index < -0.39 is 11.3 Å². The third-order valence-corrected chi connectivity index (χ3v) is 5.68. The Bertz CT molecular complexity index is 1610. The third-order valence-electron chi connectivity index (χ3n) is 5.68. The van der Waals surface area contributed by atoms with Crippen molar-refractivity contribution in [1.29, 1.82) is 0 Å². The van der Waals surface area contributed by atoms with Crippen molar-refractivity contribution in [3.05, 3.63) is 69.6 Å². The summed E-state index contributed by atoms with van der Waals surface area (Å²) in [5.74, 6) is 1.87. The molecule has 0 atom stereocenters. The average molecular weight is 488 g/mol. The minimum absolute atomic E-state index is 0.146. The molecule has 0 radical (unpaired) electrons. The fourth-order valence-corrected chi connectivity index (χ4v) is 3.88. The number of hydrogen-bond donors (Lipinski definition) is 0. The lowest BCUT2D eigenvalue weighted by Gasteiger charge is -2.10. The van der Waals surface area contributed by atoms with Crippen molar-refractivity contribution in [3.8, 4) is 45.5 Å². The topological polar surface area (TPSA) is 123 Å². The molecule has 182 valence electrons. The number of fused-ring (bicyclic) bond motifs is 2. The molecule has 3 aromatic heterocycles. The molecule has 36 heavy (non-hydrogen) atoms. The molecule has 0 aliphatic heterocycles. The highest BCUT2D eigenvalue weighted by molar-refractivity contribution is 5.89. The van der Waals surface area contributed by atoms with Crippen LogP contribution in [0.1, 0.15) is 0 Å². The zero-order valence-electron chi connectivity index (χ0n) is 19.8. The predicted octanol–water partition coefficient (Wildman–Crippen LogP) is 4.06. The standard InChI is InChI=1S/C26H20N2O8/c1-31-13-5-21(33-3)17-9-15(25(29)35-23(17)7-13)19-11-27-12-20(28-19)16-10-18-22(34-4)6-14(32-2)8-24(18)36-26(16)30/h5-12H,1-4H3. The summed E-state index contributed by atoms with van der Waals surface area (Å²) >= 11 is 0. The highest BCUT2D eigenvalue weighted by atomic mass is 16.5. The largest absolute Gasteiger partial charge is 0.496 e. The molecule has 10 nitrogen and oxygen atoms in total. The second kappa shape index (κ2) is 9.06. The van der Waals surface area contributed by atoms with Crippen LogP contribution in [0.5, 0.6) is 23.0 Å². The van der Waals surface area contributed by atoms with Crippen molar-refractivity contribution in [2.75, 3.05) is 28.4 Å². The van der Waals surface area contributed by atoms with Crippen LogP contribution < -0.4 is 30.2 Å². The third kappa shape index (κ3) is 3.88. The Morgan fingerprint density at radius 1 is 0.611 bits per heavy atom. The van der Waals surface area contributed by atoms with Gasteiger partial charge in [0.25, 0.3) is 0 Å². The molecule has 0 unspecified atom stereocenters. The van der Waals surface area contributed by atoms with Crippen molar-refractivity contribution in [1.82, 2.24) is 9.97 Å². The van der Waals surface area contributed by atoms with Gasteiger partial charge in [-0.2, -0.15) is 0 Å². The van der Waals surface area contributed by atoms with Crippen molar-refractivity contribution in [2.24, 2.45) is 0 Å². The van der Waals surface area contributed by atoms with Crippen molar-refractivity contribution < 1.29 is 27.8 Å². The zero-order chi connectivity index (χ0) is 25.4. The first-order valence-corrected chi connectivity index (χ1v) is 10.7. The molecule has 0 fully saturated rings. The summed E-state index contributed by atoms with van der Waals surface area (Å²) in [5, 5.41) is 1.09. The van der Waals surface area contributed by atoms with Crippen LogP contribution in [0.2, 0.25) is 0 Å². The Balaban J connectivity index is 1.67. The molecule has 2 aromatic carbocycles. The molecule has 0 aliphatic carbocycles. The first kappa shape index (κ1) is 22.9. The summed E-state index contributed by atoms with van der Waals surface area (Å²) in [5.41, 5.74) is 0.0284. The van der Waals surface area contributed by atoms with Crippen LogP contribution in [-0.4, -0.2) is 38.4 Å². The molecule has 0 spiro atoms. The van der Waals surface area contributed by atoms with E-state index in [1.807, 2.05) is 0 Å². The van der Waals surface area contributed by atoms with Crippen LogP contribution in [-0.2, 0) is 0 Å².